The number of anilines is 1. The summed E-state index contributed by atoms with van der Waals surface area (Å²) in [7, 11) is 0. The van der Waals surface area contributed by atoms with Gasteiger partial charge in [0, 0.05) is 18.1 Å². The first-order valence-corrected chi connectivity index (χ1v) is 7.53. The van der Waals surface area contributed by atoms with Gasteiger partial charge in [0.25, 0.3) is 0 Å². The van der Waals surface area contributed by atoms with E-state index in [-0.39, 0.29) is 11.8 Å². The first-order chi connectivity index (χ1) is 9.70. The fourth-order valence-corrected chi connectivity index (χ4v) is 3.28. The average Bonchev–Trinajstić information content (AvgIpc) is 3.04. The summed E-state index contributed by atoms with van der Waals surface area (Å²) in [4.78, 5) is 16.4. The Labute approximate surface area is 119 Å². The van der Waals surface area contributed by atoms with Crippen LogP contribution in [0.2, 0.25) is 0 Å². The van der Waals surface area contributed by atoms with E-state index >= 15 is 0 Å². The van der Waals surface area contributed by atoms with Gasteiger partial charge in [0.05, 0.1) is 10.2 Å². The molecule has 6 heteroatoms. The highest BCUT2D eigenvalue weighted by Gasteiger charge is 2.39. The van der Waals surface area contributed by atoms with Gasteiger partial charge < -0.3 is 14.8 Å². The number of carbonyl (C=O) groups is 1. The number of ether oxygens (including phenoxy) is 2. The van der Waals surface area contributed by atoms with Crippen molar-refractivity contribution in [2.45, 2.75) is 13.3 Å². The van der Waals surface area contributed by atoms with Crippen LogP contribution < -0.4 is 14.8 Å². The summed E-state index contributed by atoms with van der Waals surface area (Å²) in [5.74, 6) is 2.21. The van der Waals surface area contributed by atoms with Crippen molar-refractivity contribution in [3.63, 3.8) is 0 Å². The number of hydrogen-bond donors (Lipinski definition) is 1. The molecule has 2 atom stereocenters. The maximum absolute atomic E-state index is 11.9. The number of aromatic nitrogens is 1. The molecule has 1 aliphatic heterocycles. The summed E-state index contributed by atoms with van der Waals surface area (Å²) in [5.41, 5.74) is 0.832. The van der Waals surface area contributed by atoms with Crippen molar-refractivity contribution in [2.24, 2.45) is 11.8 Å². The van der Waals surface area contributed by atoms with Crippen molar-refractivity contribution in [3.05, 3.63) is 12.1 Å². The Balaban J connectivity index is 1.63. The molecule has 2 heterocycles. The highest BCUT2D eigenvalue weighted by molar-refractivity contribution is 7.22. The fraction of sp³-hybridized carbons (Fsp3) is 0.429. The molecule has 1 aromatic heterocycles. The van der Waals surface area contributed by atoms with E-state index in [1.807, 2.05) is 12.1 Å². The van der Waals surface area contributed by atoms with Crippen LogP contribution in [0.1, 0.15) is 13.3 Å². The summed E-state index contributed by atoms with van der Waals surface area (Å²) >= 11 is 1.47. The van der Waals surface area contributed by atoms with E-state index in [4.69, 9.17) is 9.47 Å². The molecule has 0 unspecified atom stereocenters. The lowest BCUT2D eigenvalue weighted by atomic mass is 10.3. The number of thiazole rings is 1. The van der Waals surface area contributed by atoms with E-state index in [0.717, 1.165) is 28.1 Å². The van der Waals surface area contributed by atoms with E-state index in [1.165, 1.54) is 11.3 Å². The Morgan fingerprint density at radius 1 is 1.35 bits per heavy atom. The van der Waals surface area contributed by atoms with Crippen LogP contribution >= 0.6 is 11.3 Å². The molecule has 4 rings (SSSR count). The number of carbonyl (C=O) groups excluding carboxylic acids is 1. The van der Waals surface area contributed by atoms with Crippen molar-refractivity contribution >= 4 is 32.6 Å². The Morgan fingerprint density at radius 3 is 2.75 bits per heavy atom. The number of hydrogen-bond acceptors (Lipinski definition) is 5. The van der Waals surface area contributed by atoms with Gasteiger partial charge in [-0.3, -0.25) is 4.79 Å². The summed E-state index contributed by atoms with van der Waals surface area (Å²) in [6.07, 6.45) is 0.979. The fourth-order valence-electron chi connectivity index (χ4n) is 2.40. The lowest BCUT2D eigenvalue weighted by Gasteiger charge is -2.17. The van der Waals surface area contributed by atoms with Crippen molar-refractivity contribution in [3.8, 4) is 11.5 Å². The molecule has 104 valence electrons. The lowest BCUT2D eigenvalue weighted by Crippen LogP contribution is -2.15. The Hall–Kier alpha value is -1.82. The van der Waals surface area contributed by atoms with Crippen LogP contribution in [0, 0.1) is 11.8 Å². The van der Waals surface area contributed by atoms with E-state index in [2.05, 4.69) is 17.2 Å². The van der Waals surface area contributed by atoms with Crippen LogP contribution in [0.25, 0.3) is 10.2 Å². The van der Waals surface area contributed by atoms with Gasteiger partial charge in [-0.2, -0.15) is 0 Å². The second-order valence-electron chi connectivity index (χ2n) is 5.29. The molecule has 1 aliphatic carbocycles. The van der Waals surface area contributed by atoms with Gasteiger partial charge in [-0.15, -0.1) is 0 Å². The van der Waals surface area contributed by atoms with Crippen LogP contribution in [-0.4, -0.2) is 24.1 Å². The van der Waals surface area contributed by atoms with E-state index < -0.39 is 0 Å². The number of amides is 1. The van der Waals surface area contributed by atoms with Crippen LogP contribution in [0.15, 0.2) is 12.1 Å². The van der Waals surface area contributed by atoms with Gasteiger partial charge in [0.1, 0.15) is 13.2 Å². The monoisotopic (exact) mass is 290 g/mol. The molecule has 2 aliphatic rings. The standard InChI is InChI=1S/C14H14N2O3S/c1-7-4-8(7)13(17)16-14-15-9-5-10-11(6-12(9)20-14)19-3-2-18-10/h5-8H,2-4H2,1H3,(H,15,16,17)/t7-,8-/m0/s1. The van der Waals surface area contributed by atoms with Crippen molar-refractivity contribution in [1.82, 2.24) is 4.98 Å². The van der Waals surface area contributed by atoms with E-state index in [9.17, 15) is 4.79 Å². The Morgan fingerprint density at radius 2 is 2.05 bits per heavy atom. The van der Waals surface area contributed by atoms with Crippen LogP contribution in [-0.2, 0) is 4.79 Å². The molecule has 20 heavy (non-hydrogen) atoms. The highest BCUT2D eigenvalue weighted by Crippen LogP contribution is 2.40. The second kappa shape index (κ2) is 4.34. The van der Waals surface area contributed by atoms with Crippen LogP contribution in [0.5, 0.6) is 11.5 Å². The molecule has 1 fully saturated rings. The third kappa shape index (κ3) is 2.00. The largest absolute Gasteiger partial charge is 0.486 e. The van der Waals surface area contributed by atoms with Crippen molar-refractivity contribution in [1.29, 1.82) is 0 Å². The zero-order valence-corrected chi connectivity index (χ0v) is 11.8. The van der Waals surface area contributed by atoms with Gasteiger partial charge >= 0.3 is 0 Å². The summed E-state index contributed by atoms with van der Waals surface area (Å²) in [6, 6.07) is 3.80. The molecular weight excluding hydrogens is 276 g/mol. The van der Waals surface area contributed by atoms with Gasteiger partial charge in [-0.05, 0) is 12.3 Å². The second-order valence-corrected chi connectivity index (χ2v) is 6.32. The summed E-state index contributed by atoms with van der Waals surface area (Å²) < 4.78 is 12.1. The predicted octanol–water partition coefficient (Wildman–Crippen LogP) is 2.66. The molecule has 1 saturated carbocycles. The minimum Gasteiger partial charge on any atom is -0.486 e. The quantitative estimate of drug-likeness (QED) is 0.923. The Bertz CT molecular complexity index is 654. The SMILES string of the molecule is C[C@H]1C[C@@H]1C(=O)Nc1nc2cc3c(cc2s1)OCCO3. The van der Waals surface area contributed by atoms with Gasteiger partial charge in [-0.1, -0.05) is 18.3 Å². The normalized spacial score (nSPS) is 23.6. The van der Waals surface area contributed by atoms with Crippen LogP contribution in [0.4, 0.5) is 5.13 Å². The molecule has 0 spiro atoms. The lowest BCUT2D eigenvalue weighted by molar-refractivity contribution is -0.117. The number of fused-ring (bicyclic) bond motifs is 2. The zero-order valence-electron chi connectivity index (χ0n) is 11.0. The average molecular weight is 290 g/mol. The molecule has 1 amide bonds. The molecule has 0 saturated heterocycles. The van der Waals surface area contributed by atoms with E-state index in [1.54, 1.807) is 0 Å². The molecule has 1 N–H and O–H groups in total. The maximum Gasteiger partial charge on any atom is 0.229 e. The van der Waals surface area contributed by atoms with Crippen molar-refractivity contribution < 1.29 is 14.3 Å². The highest BCUT2D eigenvalue weighted by atomic mass is 32.1. The maximum atomic E-state index is 11.9. The Kier molecular flexibility index (Phi) is 2.60. The van der Waals surface area contributed by atoms with Crippen LogP contribution in [0.3, 0.4) is 0 Å². The minimum atomic E-state index is 0.0776. The summed E-state index contributed by atoms with van der Waals surface area (Å²) in [5, 5.41) is 3.55. The number of benzene rings is 1. The molecule has 2 aromatic rings. The predicted molar refractivity (Wildman–Crippen MR) is 76.5 cm³/mol. The molecule has 0 radical (unpaired) electrons. The number of nitrogens with zero attached hydrogens (tertiary/aromatic N) is 1. The van der Waals surface area contributed by atoms with Gasteiger partial charge in [-0.25, -0.2) is 4.98 Å². The number of nitrogens with one attached hydrogen (secondary N) is 1. The third-order valence-corrected chi connectivity index (χ3v) is 4.66. The smallest absolute Gasteiger partial charge is 0.229 e. The molecule has 5 nitrogen and oxygen atoms in total. The zero-order chi connectivity index (χ0) is 13.7. The van der Waals surface area contributed by atoms with Gasteiger partial charge in [0.2, 0.25) is 5.91 Å². The molecule has 1 aromatic carbocycles. The van der Waals surface area contributed by atoms with Gasteiger partial charge in [0.15, 0.2) is 16.6 Å². The third-order valence-electron chi connectivity index (χ3n) is 3.73. The number of rotatable bonds is 2. The first kappa shape index (κ1) is 12.0. The molecular formula is C14H14N2O3S. The summed E-state index contributed by atoms with van der Waals surface area (Å²) in [6.45, 7) is 3.22. The first-order valence-electron chi connectivity index (χ1n) is 6.72. The van der Waals surface area contributed by atoms with Crippen molar-refractivity contribution in [2.75, 3.05) is 18.5 Å². The topological polar surface area (TPSA) is 60.5 Å². The molecule has 0 bridgehead atoms. The minimum absolute atomic E-state index is 0.0776. The van der Waals surface area contributed by atoms with E-state index in [0.29, 0.717) is 24.3 Å².